The standard InChI is InChI=1S/C73H120N6/c1-46-43-52(44-47(2)76-46)73-70(51-39-41-75-42-40-51)62(45-74)69(48-27-33-53(34-28-48)77-63-21-9-3-15-56(63)57-16-4-10-22-64(57)77)71(49-29-35-54(36-30-49)78-65-23-11-5-17-58(65)59-18-6-12-24-66(59)78)72(73)50-31-37-55(38-32-50)79-67-25-13-7-19-60(67)61-20-8-14-26-68(61)79/h46-73,75-76H,3-44H2,1-2H3. The Kier molecular flexibility index (Phi) is 16.6. The lowest BCUT2D eigenvalue weighted by molar-refractivity contribution is -0.141. The van der Waals surface area contributed by atoms with E-state index in [4.69, 9.17) is 0 Å². The van der Waals surface area contributed by atoms with Gasteiger partial charge in [0.2, 0.25) is 0 Å². The monoisotopic (exact) mass is 1080 g/mol. The van der Waals surface area contributed by atoms with Crippen LogP contribution < -0.4 is 10.6 Å². The fraction of sp³-hybridized carbons (Fsp3) is 0.986. The summed E-state index contributed by atoms with van der Waals surface area (Å²) in [4.78, 5) is 10.0. The highest BCUT2D eigenvalue weighted by molar-refractivity contribution is 5.15. The highest BCUT2D eigenvalue weighted by atomic mass is 15.3. The Labute approximate surface area is 485 Å². The molecular weight excluding hydrogens is 961 g/mol. The fourth-order valence-corrected chi connectivity index (χ4v) is 27.7. The van der Waals surface area contributed by atoms with E-state index in [1.54, 1.807) is 12.8 Å². The number of hydrogen-bond acceptors (Lipinski definition) is 6. The molecule has 6 heteroatoms. The first kappa shape index (κ1) is 54.9. The third-order valence-corrected chi connectivity index (χ3v) is 29.9. The molecule has 79 heavy (non-hydrogen) atoms. The normalized spacial score (nSPS) is 53.2. The maximum absolute atomic E-state index is 12.6. The number of hydrogen-bond donors (Lipinski definition) is 2. The van der Waals surface area contributed by atoms with Gasteiger partial charge in [-0.05, 0) is 301 Å². The largest absolute Gasteiger partial charge is 0.317 e. The second kappa shape index (κ2) is 23.9. The van der Waals surface area contributed by atoms with E-state index in [0.29, 0.717) is 23.9 Å². The van der Waals surface area contributed by atoms with Crippen molar-refractivity contribution in [3.05, 3.63) is 0 Å². The molecule has 0 spiro atoms. The summed E-state index contributed by atoms with van der Waals surface area (Å²) < 4.78 is 0. The zero-order valence-corrected chi connectivity index (χ0v) is 51.2. The topological polar surface area (TPSA) is 57.6 Å². The molecule has 0 aromatic rings. The van der Waals surface area contributed by atoms with Crippen LogP contribution in [0.15, 0.2) is 0 Å². The van der Waals surface area contributed by atoms with Crippen molar-refractivity contribution in [1.29, 1.82) is 5.26 Å². The Bertz CT molecular complexity index is 1960. The number of rotatable bonds is 8. The molecule has 442 valence electrons. The Morgan fingerprint density at radius 2 is 0.570 bits per heavy atom. The van der Waals surface area contributed by atoms with Gasteiger partial charge in [0, 0.05) is 66.5 Å². The molecule has 20 atom stereocenters. The van der Waals surface area contributed by atoms with E-state index in [1.165, 1.54) is 257 Å². The van der Waals surface area contributed by atoms with Gasteiger partial charge < -0.3 is 10.6 Å². The molecule has 0 amide bonds. The van der Waals surface area contributed by atoms with Gasteiger partial charge in [0.25, 0.3) is 0 Å². The molecule has 0 bridgehead atoms. The molecule has 10 aliphatic carbocycles. The van der Waals surface area contributed by atoms with Crippen LogP contribution in [-0.2, 0) is 0 Å². The number of nitriles is 1. The van der Waals surface area contributed by atoms with Crippen molar-refractivity contribution in [2.75, 3.05) is 13.1 Å². The number of likely N-dealkylation sites (tertiary alicyclic amines) is 3. The Morgan fingerprint density at radius 1 is 0.304 bits per heavy atom. The van der Waals surface area contributed by atoms with Gasteiger partial charge >= 0.3 is 0 Å². The van der Waals surface area contributed by atoms with Crippen molar-refractivity contribution in [1.82, 2.24) is 25.3 Å². The molecule has 6 nitrogen and oxygen atoms in total. The highest BCUT2D eigenvalue weighted by Crippen LogP contribution is 2.65. The third kappa shape index (κ3) is 10.0. The van der Waals surface area contributed by atoms with Gasteiger partial charge in [-0.2, -0.15) is 5.26 Å². The average Bonchev–Trinajstić information content (AvgIpc) is 4.32. The minimum Gasteiger partial charge on any atom is -0.317 e. The lowest BCUT2D eigenvalue weighted by Crippen LogP contribution is -2.60. The average molecular weight is 1080 g/mol. The van der Waals surface area contributed by atoms with Crippen LogP contribution in [0.3, 0.4) is 0 Å². The van der Waals surface area contributed by atoms with Crippen LogP contribution in [0.1, 0.15) is 271 Å². The highest BCUT2D eigenvalue weighted by Gasteiger charge is 2.63. The first-order chi connectivity index (χ1) is 39.0. The van der Waals surface area contributed by atoms with Crippen LogP contribution in [0.25, 0.3) is 0 Å². The van der Waals surface area contributed by atoms with Gasteiger partial charge in [0.15, 0.2) is 0 Å². The molecule has 20 unspecified atom stereocenters. The maximum atomic E-state index is 12.6. The van der Waals surface area contributed by atoms with Crippen LogP contribution in [0, 0.1) is 112 Å². The predicted molar refractivity (Wildman–Crippen MR) is 324 cm³/mol. The number of nitrogens with one attached hydrogen (secondary N) is 2. The SMILES string of the molecule is CC1CC(C2C(C3CCNCC3)C(C#N)C(C3CCC(N4C5CCCCC5C5CCCCC54)CC3)C(C3CCC(N4C5CCCCC5C5CCCCC54)CC3)C2C2CCC(N3C4CCCCC4C4CCCCC43)CC2)CC(C)N1. The predicted octanol–water partition coefficient (Wildman–Crippen LogP) is 16.0. The van der Waals surface area contributed by atoms with E-state index in [9.17, 15) is 5.26 Å². The van der Waals surface area contributed by atoms with Gasteiger partial charge in [-0.3, -0.25) is 14.7 Å². The molecule has 15 rings (SSSR count). The summed E-state index contributed by atoms with van der Waals surface area (Å²) in [5, 5.41) is 20.6. The maximum Gasteiger partial charge on any atom is 0.0662 e. The van der Waals surface area contributed by atoms with Crippen molar-refractivity contribution < 1.29 is 0 Å². The van der Waals surface area contributed by atoms with Crippen LogP contribution in [0.5, 0.6) is 0 Å². The molecule has 0 aromatic carbocycles. The van der Waals surface area contributed by atoms with Crippen LogP contribution in [0.2, 0.25) is 0 Å². The van der Waals surface area contributed by atoms with Crippen LogP contribution in [0.4, 0.5) is 0 Å². The molecule has 5 saturated heterocycles. The van der Waals surface area contributed by atoms with Crippen molar-refractivity contribution in [2.24, 2.45) is 101 Å². The van der Waals surface area contributed by atoms with Crippen molar-refractivity contribution in [2.45, 2.75) is 337 Å². The number of piperidine rings is 2. The molecule has 0 aromatic heterocycles. The smallest absolute Gasteiger partial charge is 0.0662 e. The molecule has 0 radical (unpaired) electrons. The second-order valence-corrected chi connectivity index (χ2v) is 33.0. The van der Waals surface area contributed by atoms with E-state index in [0.717, 1.165) is 137 Å². The van der Waals surface area contributed by atoms with Gasteiger partial charge in [0.05, 0.1) is 12.0 Å². The Balaban J connectivity index is 0.787. The molecular formula is C73H120N6. The van der Waals surface area contributed by atoms with Gasteiger partial charge in [-0.25, -0.2) is 0 Å². The first-order valence-electron chi connectivity index (χ1n) is 37.2. The van der Waals surface area contributed by atoms with Crippen molar-refractivity contribution >= 4 is 0 Å². The van der Waals surface area contributed by atoms with Gasteiger partial charge in [-0.1, -0.05) is 77.0 Å². The Morgan fingerprint density at radius 3 is 0.886 bits per heavy atom. The van der Waals surface area contributed by atoms with E-state index < -0.39 is 0 Å². The molecule has 10 saturated carbocycles. The van der Waals surface area contributed by atoms with E-state index >= 15 is 0 Å². The van der Waals surface area contributed by atoms with E-state index in [1.807, 2.05) is 0 Å². The summed E-state index contributed by atoms with van der Waals surface area (Å²) in [6, 6.07) is 12.6. The van der Waals surface area contributed by atoms with Crippen LogP contribution >= 0.6 is 0 Å². The lowest BCUT2D eigenvalue weighted by Gasteiger charge is -2.62. The number of nitrogens with zero attached hydrogens (tertiary/aromatic N) is 4. The molecule has 5 aliphatic heterocycles. The quantitative estimate of drug-likeness (QED) is 0.253. The molecule has 15 aliphatic rings. The minimum absolute atomic E-state index is 0.253. The molecule has 5 heterocycles. The lowest BCUT2D eigenvalue weighted by atomic mass is 9.42. The Hall–Kier alpha value is -0.710. The van der Waals surface area contributed by atoms with Crippen molar-refractivity contribution in [3.63, 3.8) is 0 Å². The molecule has 15 fully saturated rings. The second-order valence-electron chi connectivity index (χ2n) is 33.0. The van der Waals surface area contributed by atoms with Gasteiger partial charge in [0.1, 0.15) is 0 Å². The van der Waals surface area contributed by atoms with E-state index in [-0.39, 0.29) is 5.92 Å². The summed E-state index contributed by atoms with van der Waals surface area (Å²) in [6.45, 7) is 7.50. The third-order valence-electron chi connectivity index (χ3n) is 29.9. The van der Waals surface area contributed by atoms with E-state index in [2.05, 4.69) is 45.3 Å². The zero-order chi connectivity index (χ0) is 52.7. The summed E-state index contributed by atoms with van der Waals surface area (Å²) in [6.07, 6.45) is 59.3. The van der Waals surface area contributed by atoms with Crippen molar-refractivity contribution in [3.8, 4) is 6.07 Å². The number of fused-ring (bicyclic) bond motifs is 9. The first-order valence-corrected chi connectivity index (χ1v) is 37.2. The minimum atomic E-state index is 0.253. The van der Waals surface area contributed by atoms with Gasteiger partial charge in [-0.15, -0.1) is 0 Å². The van der Waals surface area contributed by atoms with Crippen LogP contribution in [-0.4, -0.2) is 94.2 Å². The summed E-state index contributed by atoms with van der Waals surface area (Å²) in [5.41, 5.74) is 0. The zero-order valence-electron chi connectivity index (χ0n) is 51.2. The fourth-order valence-electron chi connectivity index (χ4n) is 27.7. The summed E-state index contributed by atoms with van der Waals surface area (Å²) in [7, 11) is 0. The molecule has 2 N–H and O–H groups in total. The summed E-state index contributed by atoms with van der Waals surface area (Å²) in [5.74, 6) is 13.8. The summed E-state index contributed by atoms with van der Waals surface area (Å²) >= 11 is 0.